The van der Waals surface area contributed by atoms with Crippen LogP contribution in [0.4, 0.5) is 5.82 Å². The summed E-state index contributed by atoms with van der Waals surface area (Å²) in [5.74, 6) is -0.802. The molecular weight excluding hydrogens is 429 g/mol. The molecular formula is C17H11Cl2N3O3S2. The van der Waals surface area contributed by atoms with Crippen molar-refractivity contribution in [2.45, 2.75) is 23.1 Å². The first kappa shape index (κ1) is 18.5. The first-order valence-corrected chi connectivity index (χ1v) is 10.3. The van der Waals surface area contributed by atoms with Gasteiger partial charge in [-0.15, -0.1) is 23.1 Å². The number of hydrogen-bond acceptors (Lipinski definition) is 6. The number of aliphatic carboxylic acids is 1. The largest absolute Gasteiger partial charge is 0.481 e. The van der Waals surface area contributed by atoms with Crippen LogP contribution in [0.15, 0.2) is 35.4 Å². The molecule has 10 heteroatoms. The zero-order valence-electron chi connectivity index (χ0n) is 13.6. The molecule has 27 heavy (non-hydrogen) atoms. The molecule has 0 bridgehead atoms. The van der Waals surface area contributed by atoms with Crippen molar-refractivity contribution < 1.29 is 14.7 Å². The van der Waals surface area contributed by atoms with Crippen LogP contribution in [-0.2, 0) is 16.1 Å². The number of carboxylic acids is 1. The molecule has 0 aliphatic carbocycles. The summed E-state index contributed by atoms with van der Waals surface area (Å²) < 4.78 is 0.863. The van der Waals surface area contributed by atoms with Crippen LogP contribution in [-0.4, -0.2) is 32.2 Å². The molecule has 0 spiro atoms. The molecule has 2 aromatic heterocycles. The summed E-state index contributed by atoms with van der Waals surface area (Å²) in [7, 11) is 0. The van der Waals surface area contributed by atoms with Crippen molar-refractivity contribution >= 4 is 74.2 Å². The van der Waals surface area contributed by atoms with E-state index in [0.29, 0.717) is 26.4 Å². The van der Waals surface area contributed by atoms with Gasteiger partial charge in [0, 0.05) is 6.20 Å². The molecule has 1 aliphatic rings. The number of carboxylic acid groups (broad SMARTS) is 1. The predicted molar refractivity (Wildman–Crippen MR) is 107 cm³/mol. The Labute approximate surface area is 172 Å². The second kappa shape index (κ2) is 7.27. The standard InChI is InChI=1S/C17H11Cl2N3O3S2/c18-8-3-4-9-15(14(8)19)21-12(27-9)7-22-16-10(2-1-5-20-16)26-11(17(22)25)6-13(23)24/h1-5,11H,6-7H2,(H,23,24). The maximum atomic E-state index is 12.9. The topological polar surface area (TPSA) is 83.4 Å². The number of nitrogens with zero attached hydrogens (tertiary/aromatic N) is 3. The van der Waals surface area contributed by atoms with E-state index in [2.05, 4.69) is 9.97 Å². The van der Waals surface area contributed by atoms with E-state index < -0.39 is 11.2 Å². The van der Waals surface area contributed by atoms with E-state index in [9.17, 15) is 9.59 Å². The van der Waals surface area contributed by atoms with Gasteiger partial charge in [0.05, 0.1) is 37.9 Å². The summed E-state index contributed by atoms with van der Waals surface area (Å²) in [4.78, 5) is 35.1. The van der Waals surface area contributed by atoms with Crippen LogP contribution in [0.5, 0.6) is 0 Å². The molecule has 1 N–H and O–H groups in total. The first-order chi connectivity index (χ1) is 12.9. The molecule has 0 fully saturated rings. The number of thiazole rings is 1. The molecule has 3 aromatic rings. The minimum Gasteiger partial charge on any atom is -0.481 e. The lowest BCUT2D eigenvalue weighted by atomic mass is 10.2. The molecule has 0 saturated carbocycles. The van der Waals surface area contributed by atoms with Gasteiger partial charge in [-0.05, 0) is 24.3 Å². The highest BCUT2D eigenvalue weighted by atomic mass is 35.5. The summed E-state index contributed by atoms with van der Waals surface area (Å²) in [5, 5.41) is 9.88. The van der Waals surface area contributed by atoms with E-state index in [1.807, 2.05) is 12.1 Å². The van der Waals surface area contributed by atoms with E-state index in [-0.39, 0.29) is 18.9 Å². The van der Waals surface area contributed by atoms with Crippen LogP contribution in [0.1, 0.15) is 11.4 Å². The lowest BCUT2D eigenvalue weighted by Gasteiger charge is -2.31. The SMILES string of the molecule is O=C(O)CC1Sc2cccnc2N(Cc2nc3c(Cl)c(Cl)ccc3s2)C1=O. The first-order valence-electron chi connectivity index (χ1n) is 7.82. The Bertz CT molecular complexity index is 1070. The fraction of sp³-hybridized carbons (Fsp3) is 0.176. The maximum absolute atomic E-state index is 12.9. The number of fused-ring (bicyclic) bond motifs is 2. The highest BCUT2D eigenvalue weighted by Gasteiger charge is 2.36. The van der Waals surface area contributed by atoms with Crippen LogP contribution in [0.2, 0.25) is 10.0 Å². The van der Waals surface area contributed by atoms with Gasteiger partial charge in [0.15, 0.2) is 0 Å². The maximum Gasteiger partial charge on any atom is 0.305 e. The number of aromatic nitrogens is 2. The van der Waals surface area contributed by atoms with Gasteiger partial charge >= 0.3 is 5.97 Å². The molecule has 1 unspecified atom stereocenters. The second-order valence-corrected chi connectivity index (χ2v) is 8.91. The number of hydrogen-bond donors (Lipinski definition) is 1. The number of thioether (sulfide) groups is 1. The van der Waals surface area contributed by atoms with Gasteiger partial charge < -0.3 is 5.11 Å². The van der Waals surface area contributed by atoms with Gasteiger partial charge in [-0.25, -0.2) is 9.97 Å². The Morgan fingerprint density at radius 2 is 2.11 bits per heavy atom. The van der Waals surface area contributed by atoms with E-state index >= 15 is 0 Å². The minimum absolute atomic E-state index is 0.187. The molecule has 1 atom stereocenters. The molecule has 3 heterocycles. The average molecular weight is 440 g/mol. The Kier molecular flexibility index (Phi) is 4.98. The Morgan fingerprint density at radius 3 is 2.89 bits per heavy atom. The van der Waals surface area contributed by atoms with Crippen molar-refractivity contribution in [2.75, 3.05) is 4.90 Å². The van der Waals surface area contributed by atoms with E-state index in [4.69, 9.17) is 28.3 Å². The van der Waals surface area contributed by atoms with Crippen molar-refractivity contribution in [1.82, 2.24) is 9.97 Å². The molecule has 138 valence electrons. The summed E-state index contributed by atoms with van der Waals surface area (Å²) in [5.41, 5.74) is 0.589. The monoisotopic (exact) mass is 439 g/mol. The van der Waals surface area contributed by atoms with E-state index in [0.717, 1.165) is 9.60 Å². The number of anilines is 1. The van der Waals surface area contributed by atoms with Gasteiger partial charge in [0.2, 0.25) is 5.91 Å². The fourth-order valence-electron chi connectivity index (χ4n) is 2.79. The summed E-state index contributed by atoms with van der Waals surface area (Å²) in [6.45, 7) is 0.187. The van der Waals surface area contributed by atoms with Gasteiger partial charge in [-0.2, -0.15) is 0 Å². The number of carbonyl (C=O) groups is 2. The number of rotatable bonds is 4. The Morgan fingerprint density at radius 1 is 1.30 bits per heavy atom. The number of pyridine rings is 1. The Balaban J connectivity index is 1.72. The van der Waals surface area contributed by atoms with Crippen molar-refractivity contribution in [3.8, 4) is 0 Å². The van der Waals surface area contributed by atoms with E-state index in [1.54, 1.807) is 18.3 Å². The predicted octanol–water partition coefficient (Wildman–Crippen LogP) is 4.48. The third-order valence-corrected chi connectivity index (χ3v) is 6.99. The molecule has 1 aliphatic heterocycles. The zero-order valence-corrected chi connectivity index (χ0v) is 16.7. The van der Waals surface area contributed by atoms with Gasteiger partial charge in [0.1, 0.15) is 16.3 Å². The van der Waals surface area contributed by atoms with Crippen LogP contribution < -0.4 is 4.90 Å². The number of benzene rings is 1. The van der Waals surface area contributed by atoms with Gasteiger partial charge in [0.25, 0.3) is 0 Å². The van der Waals surface area contributed by atoms with Crippen molar-refractivity contribution in [1.29, 1.82) is 0 Å². The lowest BCUT2D eigenvalue weighted by Crippen LogP contribution is -2.41. The molecule has 6 nitrogen and oxygen atoms in total. The quantitative estimate of drug-likeness (QED) is 0.644. The molecule has 0 radical (unpaired) electrons. The van der Waals surface area contributed by atoms with Crippen LogP contribution >= 0.6 is 46.3 Å². The van der Waals surface area contributed by atoms with Crippen LogP contribution in [0.3, 0.4) is 0 Å². The number of halogens is 2. The van der Waals surface area contributed by atoms with Crippen molar-refractivity contribution in [3.63, 3.8) is 0 Å². The second-order valence-electron chi connectivity index (χ2n) is 5.77. The molecule has 1 amide bonds. The normalized spacial score (nSPS) is 16.6. The molecule has 1 aromatic carbocycles. The van der Waals surface area contributed by atoms with Crippen LogP contribution in [0.25, 0.3) is 10.2 Å². The lowest BCUT2D eigenvalue weighted by molar-refractivity contribution is -0.138. The smallest absolute Gasteiger partial charge is 0.305 e. The van der Waals surface area contributed by atoms with Gasteiger partial charge in [-0.1, -0.05) is 23.2 Å². The minimum atomic E-state index is -1.02. The van der Waals surface area contributed by atoms with E-state index in [1.165, 1.54) is 28.0 Å². The van der Waals surface area contributed by atoms with Gasteiger partial charge in [-0.3, -0.25) is 14.5 Å². The van der Waals surface area contributed by atoms with Crippen molar-refractivity contribution in [2.24, 2.45) is 0 Å². The average Bonchev–Trinajstić information content (AvgIpc) is 3.05. The number of amides is 1. The molecule has 0 saturated heterocycles. The van der Waals surface area contributed by atoms with Crippen LogP contribution in [0, 0.1) is 0 Å². The fourth-order valence-corrected chi connectivity index (χ4v) is 5.35. The Hall–Kier alpha value is -1.87. The molecule has 4 rings (SSSR count). The highest BCUT2D eigenvalue weighted by Crippen LogP contribution is 2.40. The third kappa shape index (κ3) is 3.50. The number of carbonyl (C=O) groups excluding carboxylic acids is 1. The summed E-state index contributed by atoms with van der Waals surface area (Å²) in [6.07, 6.45) is 1.35. The summed E-state index contributed by atoms with van der Waals surface area (Å²) >= 11 is 14.9. The van der Waals surface area contributed by atoms with Crippen molar-refractivity contribution in [3.05, 3.63) is 45.5 Å². The zero-order chi connectivity index (χ0) is 19.1. The highest BCUT2D eigenvalue weighted by molar-refractivity contribution is 8.01. The third-order valence-electron chi connectivity index (χ3n) is 3.97. The summed E-state index contributed by atoms with van der Waals surface area (Å²) in [6, 6.07) is 7.13.